The van der Waals surface area contributed by atoms with Gasteiger partial charge in [0.1, 0.15) is 17.7 Å². The highest BCUT2D eigenvalue weighted by atomic mass is 32.1. The summed E-state index contributed by atoms with van der Waals surface area (Å²) in [7, 11) is 0. The van der Waals surface area contributed by atoms with Crippen LogP contribution in [0, 0.1) is 0 Å². The van der Waals surface area contributed by atoms with Crippen molar-refractivity contribution in [1.29, 1.82) is 0 Å². The monoisotopic (exact) mass is 572 g/mol. The largest absolute Gasteiger partial charge is 0.458 e. The molecule has 5 N–H and O–H groups in total. The van der Waals surface area contributed by atoms with Gasteiger partial charge in [-0.05, 0) is 57.0 Å². The molecule has 2 aromatic rings. The molecule has 1 unspecified atom stereocenters. The van der Waals surface area contributed by atoms with Crippen LogP contribution in [0.4, 0.5) is 0 Å². The van der Waals surface area contributed by atoms with Gasteiger partial charge in [0.2, 0.25) is 11.8 Å². The number of rotatable bonds is 11. The van der Waals surface area contributed by atoms with E-state index in [1.807, 2.05) is 0 Å². The van der Waals surface area contributed by atoms with Crippen LogP contribution >= 0.6 is 11.3 Å². The maximum Gasteiger partial charge on any atom is 0.329 e. The lowest BCUT2D eigenvalue weighted by atomic mass is 9.99. The minimum Gasteiger partial charge on any atom is -0.458 e. The Morgan fingerprint density at radius 2 is 1.80 bits per heavy atom. The van der Waals surface area contributed by atoms with E-state index in [-0.39, 0.29) is 13.0 Å². The van der Waals surface area contributed by atoms with Crippen LogP contribution in [0.25, 0.3) is 0 Å². The van der Waals surface area contributed by atoms with Crippen LogP contribution in [0.1, 0.15) is 55.3 Å². The van der Waals surface area contributed by atoms with Gasteiger partial charge in [0.25, 0.3) is 11.8 Å². The second kappa shape index (κ2) is 13.5. The van der Waals surface area contributed by atoms with E-state index in [0.29, 0.717) is 17.7 Å². The zero-order valence-corrected chi connectivity index (χ0v) is 23.6. The van der Waals surface area contributed by atoms with Gasteiger partial charge in [0, 0.05) is 6.54 Å². The average Bonchev–Trinajstić information content (AvgIpc) is 3.59. The maximum absolute atomic E-state index is 13.5. The number of amides is 4. The number of carbonyl (C=O) groups is 5. The molecule has 1 aromatic heterocycles. The topological polar surface area (TPSA) is 168 Å². The standard InChI is InChI=1S/C28H36N4O7S/c1-28(2,3)39-27(38)20-11-7-13-32(20)26(37)23(34)18(15-17-9-5-4-6-10-17)30-24(35)19(16-22(29)33)31-25(36)21-12-8-14-40-21/h4-6,8-10,12,14,18-20,23,34H,7,11,13,15-16H2,1-3H3,(H2,29,33)(H,30,35)(H,31,36)/t18-,19-,20-,23?/m0/s1. The van der Waals surface area contributed by atoms with Crippen LogP contribution in [0.15, 0.2) is 47.8 Å². The zero-order chi connectivity index (χ0) is 29.4. The second-order valence-electron chi connectivity index (χ2n) is 10.6. The number of nitrogens with zero attached hydrogens (tertiary/aromatic N) is 1. The number of aliphatic hydroxyl groups excluding tert-OH is 1. The van der Waals surface area contributed by atoms with Crippen LogP contribution in [-0.2, 0) is 30.3 Å². The predicted molar refractivity (Wildman–Crippen MR) is 148 cm³/mol. The summed E-state index contributed by atoms with van der Waals surface area (Å²) in [6.07, 6.45) is -1.22. The van der Waals surface area contributed by atoms with E-state index in [2.05, 4.69) is 10.6 Å². The number of hydrogen-bond donors (Lipinski definition) is 4. The van der Waals surface area contributed by atoms with Crippen molar-refractivity contribution >= 4 is 40.9 Å². The summed E-state index contributed by atoms with van der Waals surface area (Å²) in [6.45, 7) is 5.43. The molecule has 1 aliphatic heterocycles. The zero-order valence-electron chi connectivity index (χ0n) is 22.8. The Hall–Kier alpha value is -3.77. The normalized spacial score (nSPS) is 17.4. The Kier molecular flexibility index (Phi) is 10.4. The number of hydrogen-bond acceptors (Lipinski definition) is 8. The lowest BCUT2D eigenvalue weighted by Crippen LogP contribution is -2.58. The number of likely N-dealkylation sites (tertiary alicyclic amines) is 1. The third-order valence-corrected chi connectivity index (χ3v) is 7.12. The van der Waals surface area contributed by atoms with Crippen LogP contribution in [0.2, 0.25) is 0 Å². The first-order chi connectivity index (χ1) is 18.9. The van der Waals surface area contributed by atoms with Crippen molar-refractivity contribution in [2.24, 2.45) is 5.73 Å². The minimum atomic E-state index is -1.73. The fourth-order valence-electron chi connectivity index (χ4n) is 4.43. The lowest BCUT2D eigenvalue weighted by molar-refractivity contribution is -0.165. The number of primary amides is 1. The van der Waals surface area contributed by atoms with Gasteiger partial charge in [-0.25, -0.2) is 4.79 Å². The van der Waals surface area contributed by atoms with E-state index >= 15 is 0 Å². The molecular weight excluding hydrogens is 536 g/mol. The molecule has 1 fully saturated rings. The van der Waals surface area contributed by atoms with Gasteiger partial charge < -0.3 is 31.1 Å². The Labute approximate surface area is 237 Å². The third-order valence-electron chi connectivity index (χ3n) is 6.25. The van der Waals surface area contributed by atoms with Crippen molar-refractivity contribution in [3.05, 3.63) is 58.3 Å². The van der Waals surface area contributed by atoms with E-state index in [1.165, 1.54) is 4.90 Å². The second-order valence-corrected chi connectivity index (χ2v) is 11.6. The molecule has 0 aliphatic carbocycles. The molecule has 0 bridgehead atoms. The fourth-order valence-corrected chi connectivity index (χ4v) is 5.05. The first-order valence-electron chi connectivity index (χ1n) is 13.0. The summed E-state index contributed by atoms with van der Waals surface area (Å²) in [5.41, 5.74) is 5.31. The molecule has 1 aromatic carbocycles. The summed E-state index contributed by atoms with van der Waals surface area (Å²) in [5.74, 6) is -3.47. The molecule has 12 heteroatoms. The Bertz CT molecular complexity index is 1200. The molecule has 40 heavy (non-hydrogen) atoms. The van der Waals surface area contributed by atoms with Crippen LogP contribution < -0.4 is 16.4 Å². The molecule has 0 saturated carbocycles. The number of benzene rings is 1. The van der Waals surface area contributed by atoms with Gasteiger partial charge >= 0.3 is 5.97 Å². The fraction of sp³-hybridized carbons (Fsp3) is 0.464. The number of nitrogens with two attached hydrogens (primary N) is 1. The molecule has 0 spiro atoms. The highest BCUT2D eigenvalue weighted by Gasteiger charge is 2.41. The third kappa shape index (κ3) is 8.62. The van der Waals surface area contributed by atoms with Crippen molar-refractivity contribution < 1.29 is 33.8 Å². The number of carbonyl (C=O) groups excluding carboxylic acids is 5. The summed E-state index contributed by atoms with van der Waals surface area (Å²) in [4.78, 5) is 65.5. The molecule has 4 amide bonds. The summed E-state index contributed by atoms with van der Waals surface area (Å²) in [6, 6.07) is 8.80. The van der Waals surface area contributed by atoms with E-state index in [9.17, 15) is 29.1 Å². The van der Waals surface area contributed by atoms with Crippen molar-refractivity contribution in [2.75, 3.05) is 6.54 Å². The Morgan fingerprint density at radius 1 is 1.10 bits per heavy atom. The Morgan fingerprint density at radius 3 is 2.40 bits per heavy atom. The molecule has 0 radical (unpaired) electrons. The Balaban J connectivity index is 1.81. The smallest absolute Gasteiger partial charge is 0.329 e. The summed E-state index contributed by atoms with van der Waals surface area (Å²) < 4.78 is 5.47. The van der Waals surface area contributed by atoms with E-state index in [4.69, 9.17) is 10.5 Å². The van der Waals surface area contributed by atoms with Crippen molar-refractivity contribution in [3.8, 4) is 0 Å². The van der Waals surface area contributed by atoms with Gasteiger partial charge in [-0.3, -0.25) is 19.2 Å². The van der Waals surface area contributed by atoms with E-state index < -0.39 is 65.8 Å². The molecule has 11 nitrogen and oxygen atoms in total. The van der Waals surface area contributed by atoms with Gasteiger partial charge in [0.05, 0.1) is 17.3 Å². The van der Waals surface area contributed by atoms with Crippen LogP contribution in [-0.4, -0.2) is 76.0 Å². The molecule has 4 atom stereocenters. The molecular formula is C28H36N4O7S. The number of thiophene rings is 1. The van der Waals surface area contributed by atoms with Gasteiger partial charge in [0.15, 0.2) is 6.10 Å². The predicted octanol–water partition coefficient (Wildman–Crippen LogP) is 1.14. The highest BCUT2D eigenvalue weighted by Crippen LogP contribution is 2.23. The number of ether oxygens (including phenoxy) is 1. The number of aliphatic hydroxyl groups is 1. The van der Waals surface area contributed by atoms with Gasteiger partial charge in [-0.15, -0.1) is 11.3 Å². The highest BCUT2D eigenvalue weighted by molar-refractivity contribution is 7.12. The van der Waals surface area contributed by atoms with Crippen molar-refractivity contribution in [3.63, 3.8) is 0 Å². The number of nitrogens with one attached hydrogen (secondary N) is 2. The quantitative estimate of drug-likeness (QED) is 0.293. The maximum atomic E-state index is 13.5. The molecule has 1 aliphatic rings. The first-order valence-corrected chi connectivity index (χ1v) is 13.9. The molecule has 1 saturated heterocycles. The van der Waals surface area contributed by atoms with Gasteiger partial charge in [-0.1, -0.05) is 36.4 Å². The summed E-state index contributed by atoms with van der Waals surface area (Å²) in [5, 5.41) is 18.1. The first kappa shape index (κ1) is 30.8. The molecule has 3 rings (SSSR count). The average molecular weight is 573 g/mol. The number of esters is 1. The van der Waals surface area contributed by atoms with Gasteiger partial charge in [-0.2, -0.15) is 0 Å². The van der Waals surface area contributed by atoms with E-state index in [0.717, 1.165) is 16.9 Å². The minimum absolute atomic E-state index is 0.0621. The van der Waals surface area contributed by atoms with Crippen molar-refractivity contribution in [2.45, 2.75) is 76.3 Å². The summed E-state index contributed by atoms with van der Waals surface area (Å²) >= 11 is 1.16. The van der Waals surface area contributed by atoms with Crippen LogP contribution in [0.5, 0.6) is 0 Å². The van der Waals surface area contributed by atoms with Crippen LogP contribution in [0.3, 0.4) is 0 Å². The molecule has 216 valence electrons. The van der Waals surface area contributed by atoms with Crippen molar-refractivity contribution in [1.82, 2.24) is 15.5 Å². The molecule has 2 heterocycles. The lowest BCUT2D eigenvalue weighted by Gasteiger charge is -2.32. The SMILES string of the molecule is CC(C)(C)OC(=O)[C@@H]1CCCN1C(=O)C(O)[C@H](Cc1ccccc1)NC(=O)[C@H](CC(N)=O)NC(=O)c1cccs1. The van der Waals surface area contributed by atoms with E-state index in [1.54, 1.807) is 68.6 Å².